The molecule has 2 atom stereocenters. The first-order valence-electron chi connectivity index (χ1n) is 13.1. The van der Waals surface area contributed by atoms with Gasteiger partial charge in [0.15, 0.2) is 0 Å². The molecule has 2 aromatic carbocycles. The van der Waals surface area contributed by atoms with Crippen molar-refractivity contribution < 1.29 is 17.9 Å². The highest BCUT2D eigenvalue weighted by Crippen LogP contribution is 2.33. The highest BCUT2D eigenvalue weighted by atomic mass is 35.5. The molecule has 200 valence electrons. The van der Waals surface area contributed by atoms with Gasteiger partial charge in [0.05, 0.1) is 25.3 Å². The molecule has 37 heavy (non-hydrogen) atoms. The number of piperidine rings is 1. The highest BCUT2D eigenvalue weighted by Gasteiger charge is 2.46. The van der Waals surface area contributed by atoms with Crippen LogP contribution in [-0.2, 0) is 25.9 Å². The fourth-order valence-electron chi connectivity index (χ4n) is 5.54. The Morgan fingerprint density at radius 3 is 2.38 bits per heavy atom. The summed E-state index contributed by atoms with van der Waals surface area (Å²) in [6.45, 7) is 9.45. The number of hydrogen-bond donors (Lipinski definition) is 1. The first-order valence-corrected chi connectivity index (χ1v) is 14.9. The largest absolute Gasteiger partial charge is 0.457 e. The number of ether oxygens (including phenoxy) is 2. The molecule has 3 aliphatic heterocycles. The van der Waals surface area contributed by atoms with Crippen molar-refractivity contribution >= 4 is 27.6 Å². The first-order chi connectivity index (χ1) is 17.6. The Morgan fingerprint density at radius 2 is 1.78 bits per heavy atom. The maximum Gasteiger partial charge on any atom is 0.301 e. The van der Waals surface area contributed by atoms with Crippen LogP contribution in [0.15, 0.2) is 52.9 Å². The van der Waals surface area contributed by atoms with Gasteiger partial charge < -0.3 is 14.8 Å². The quantitative estimate of drug-likeness (QED) is 0.568. The average Bonchev–Trinajstić information content (AvgIpc) is 2.81. The normalized spacial score (nSPS) is 25.0. The minimum absolute atomic E-state index is 0.00354. The Labute approximate surface area is 225 Å². The van der Waals surface area contributed by atoms with Gasteiger partial charge in [-0.05, 0) is 81.8 Å². The molecule has 3 aliphatic rings. The van der Waals surface area contributed by atoms with Crippen LogP contribution in [0.5, 0.6) is 0 Å². The van der Waals surface area contributed by atoms with Gasteiger partial charge in [0.1, 0.15) is 10.9 Å². The van der Waals surface area contributed by atoms with Gasteiger partial charge in [0.2, 0.25) is 0 Å². The van der Waals surface area contributed by atoms with E-state index in [0.29, 0.717) is 23.4 Å². The van der Waals surface area contributed by atoms with Crippen LogP contribution in [0.3, 0.4) is 0 Å². The zero-order chi connectivity index (χ0) is 26.2. The third-order valence-electron chi connectivity index (χ3n) is 7.96. The van der Waals surface area contributed by atoms with Crippen LogP contribution >= 0.6 is 11.6 Å². The number of halogens is 1. The summed E-state index contributed by atoms with van der Waals surface area (Å²) in [6.07, 6.45) is 2.63. The number of benzene rings is 2. The van der Waals surface area contributed by atoms with E-state index in [0.717, 1.165) is 50.3 Å². The van der Waals surface area contributed by atoms with Gasteiger partial charge >= 0.3 is 6.02 Å². The summed E-state index contributed by atoms with van der Waals surface area (Å²) in [5.41, 5.74) is 2.18. The SMILES string of the molecule is C[C@H](NC1=NS(=O)(=O)C(Cc2ccc(C3CCN(C4COC4)CC3)cc2)C(C)(C)O1)c1ccccc1Cl. The lowest BCUT2D eigenvalue weighted by atomic mass is 9.87. The number of sulfonamides is 1. The number of likely N-dealkylation sites (tertiary alicyclic amines) is 1. The zero-order valence-corrected chi connectivity index (χ0v) is 23.3. The lowest BCUT2D eigenvalue weighted by Gasteiger charge is -2.41. The van der Waals surface area contributed by atoms with E-state index < -0.39 is 20.9 Å². The molecular formula is C28H36ClN3O4S. The number of rotatable bonds is 6. The lowest BCUT2D eigenvalue weighted by molar-refractivity contribution is -0.0712. The van der Waals surface area contributed by atoms with Gasteiger partial charge in [0.25, 0.3) is 10.0 Å². The molecule has 0 saturated carbocycles. The summed E-state index contributed by atoms with van der Waals surface area (Å²) >= 11 is 6.30. The number of nitrogens with zero attached hydrogens (tertiary/aromatic N) is 2. The fourth-order valence-corrected chi connectivity index (χ4v) is 7.46. The molecule has 5 rings (SSSR count). The van der Waals surface area contributed by atoms with Gasteiger partial charge in [-0.2, -0.15) is 0 Å². The number of nitrogens with one attached hydrogen (secondary N) is 1. The van der Waals surface area contributed by atoms with Crippen LogP contribution in [0.25, 0.3) is 0 Å². The van der Waals surface area contributed by atoms with E-state index in [-0.39, 0.29) is 12.1 Å². The summed E-state index contributed by atoms with van der Waals surface area (Å²) in [5.74, 6) is 0.544. The summed E-state index contributed by atoms with van der Waals surface area (Å²) < 4.78 is 42.0. The van der Waals surface area contributed by atoms with Crippen LogP contribution in [0.4, 0.5) is 0 Å². The van der Waals surface area contributed by atoms with Gasteiger partial charge in [-0.15, -0.1) is 4.40 Å². The third-order valence-corrected chi connectivity index (χ3v) is 10.2. The van der Waals surface area contributed by atoms with Gasteiger partial charge in [-0.25, -0.2) is 8.42 Å². The van der Waals surface area contributed by atoms with E-state index in [1.807, 2.05) is 25.1 Å². The van der Waals surface area contributed by atoms with Crippen molar-refractivity contribution in [2.45, 2.75) is 68.9 Å². The smallest absolute Gasteiger partial charge is 0.301 e. The molecule has 1 unspecified atom stereocenters. The molecule has 7 nitrogen and oxygen atoms in total. The molecule has 3 heterocycles. The summed E-state index contributed by atoms with van der Waals surface area (Å²) in [5, 5.41) is 2.89. The Hall–Kier alpha value is -2.13. The van der Waals surface area contributed by atoms with Crippen molar-refractivity contribution in [2.75, 3.05) is 26.3 Å². The van der Waals surface area contributed by atoms with Gasteiger partial charge in [-0.3, -0.25) is 4.90 Å². The van der Waals surface area contributed by atoms with Crippen molar-refractivity contribution in [1.82, 2.24) is 10.2 Å². The van der Waals surface area contributed by atoms with Gasteiger partial charge in [0, 0.05) is 5.02 Å². The molecule has 0 bridgehead atoms. The Kier molecular flexibility index (Phi) is 7.56. The van der Waals surface area contributed by atoms with Crippen LogP contribution < -0.4 is 5.32 Å². The second-order valence-corrected chi connectivity index (χ2v) is 13.1. The van der Waals surface area contributed by atoms with Crippen molar-refractivity contribution in [2.24, 2.45) is 4.40 Å². The van der Waals surface area contributed by atoms with Gasteiger partial charge in [-0.1, -0.05) is 54.1 Å². The third kappa shape index (κ3) is 5.82. The molecular weight excluding hydrogens is 510 g/mol. The predicted octanol–water partition coefficient (Wildman–Crippen LogP) is 4.67. The fraction of sp³-hybridized carbons (Fsp3) is 0.536. The molecule has 0 spiro atoms. The average molecular weight is 546 g/mol. The van der Waals surface area contributed by atoms with E-state index in [2.05, 4.69) is 38.9 Å². The van der Waals surface area contributed by atoms with E-state index in [4.69, 9.17) is 21.1 Å². The molecule has 2 saturated heterocycles. The maximum absolute atomic E-state index is 13.3. The minimum atomic E-state index is -3.81. The molecule has 2 aromatic rings. The topological polar surface area (TPSA) is 80.2 Å². The van der Waals surface area contributed by atoms with Crippen molar-refractivity contribution in [3.63, 3.8) is 0 Å². The molecule has 0 amide bonds. The second-order valence-electron chi connectivity index (χ2n) is 10.9. The molecule has 9 heteroatoms. The molecule has 2 fully saturated rings. The molecule has 0 aliphatic carbocycles. The molecule has 1 N–H and O–H groups in total. The van der Waals surface area contributed by atoms with Crippen molar-refractivity contribution in [3.8, 4) is 0 Å². The van der Waals surface area contributed by atoms with Crippen LogP contribution in [-0.4, -0.2) is 62.5 Å². The maximum atomic E-state index is 13.3. The Balaban J connectivity index is 1.24. The number of amidine groups is 1. The summed E-state index contributed by atoms with van der Waals surface area (Å²) in [4.78, 5) is 2.54. The van der Waals surface area contributed by atoms with E-state index in [1.54, 1.807) is 19.9 Å². The standard InChI is InChI=1S/C28H36ClN3O4S/c1-19(24-6-4-5-7-25(24)29)30-27-31-37(33,34)26(28(2,3)36-27)16-20-8-10-21(11-9-20)22-12-14-32(15-13-22)23-17-35-18-23/h4-11,19,22-23,26H,12-18H2,1-3H3,(H,30,31)/t19-,26?/m0/s1. The lowest BCUT2D eigenvalue weighted by Crippen LogP contribution is -2.52. The Morgan fingerprint density at radius 1 is 1.11 bits per heavy atom. The number of hydrogen-bond acceptors (Lipinski definition) is 6. The van der Waals surface area contributed by atoms with Crippen molar-refractivity contribution in [3.05, 3.63) is 70.2 Å². The molecule has 0 aromatic heterocycles. The zero-order valence-electron chi connectivity index (χ0n) is 21.7. The minimum Gasteiger partial charge on any atom is -0.457 e. The summed E-state index contributed by atoms with van der Waals surface area (Å²) in [6, 6.07) is 16.2. The van der Waals surface area contributed by atoms with E-state index in [9.17, 15) is 8.42 Å². The monoisotopic (exact) mass is 545 g/mol. The van der Waals surface area contributed by atoms with Crippen LogP contribution in [0.2, 0.25) is 5.02 Å². The van der Waals surface area contributed by atoms with E-state index in [1.165, 1.54) is 5.56 Å². The van der Waals surface area contributed by atoms with E-state index >= 15 is 0 Å². The highest BCUT2D eigenvalue weighted by molar-refractivity contribution is 7.91. The molecule has 0 radical (unpaired) electrons. The van der Waals surface area contributed by atoms with Crippen molar-refractivity contribution in [1.29, 1.82) is 0 Å². The van der Waals surface area contributed by atoms with Crippen LogP contribution in [0.1, 0.15) is 62.3 Å². The predicted molar refractivity (Wildman–Crippen MR) is 147 cm³/mol. The second kappa shape index (κ2) is 10.6. The Bertz CT molecular complexity index is 1240. The van der Waals surface area contributed by atoms with Crippen LogP contribution in [0, 0.1) is 0 Å². The summed E-state index contributed by atoms with van der Waals surface area (Å²) in [7, 11) is -3.81. The first kappa shape index (κ1) is 26.5.